The number of hydrogen-bond acceptors (Lipinski definition) is 4. The van der Waals surface area contributed by atoms with Crippen molar-refractivity contribution in [3.05, 3.63) is 66.7 Å². The van der Waals surface area contributed by atoms with Crippen molar-refractivity contribution in [3.8, 4) is 0 Å². The van der Waals surface area contributed by atoms with E-state index in [9.17, 15) is 13.2 Å². The number of thioether (sulfide) groups is 1. The highest BCUT2D eigenvalue weighted by Crippen LogP contribution is 2.21. The fourth-order valence-corrected chi connectivity index (χ4v) is 4.82. The first-order chi connectivity index (χ1) is 13.8. The van der Waals surface area contributed by atoms with Crippen LogP contribution in [-0.4, -0.2) is 26.6 Å². The fraction of sp³-hybridized carbons (Fsp3) is 0.227. The summed E-state index contributed by atoms with van der Waals surface area (Å²) < 4.78 is 28.5. The van der Waals surface area contributed by atoms with E-state index in [0.717, 1.165) is 15.7 Å². The molecule has 3 rings (SSSR count). The molecule has 0 bridgehead atoms. The number of anilines is 1. The summed E-state index contributed by atoms with van der Waals surface area (Å²) >= 11 is 1.57. The van der Waals surface area contributed by atoms with Crippen LogP contribution in [0, 0.1) is 5.92 Å². The highest BCUT2D eigenvalue weighted by molar-refractivity contribution is 7.98. The van der Waals surface area contributed by atoms with E-state index in [0.29, 0.717) is 5.69 Å². The standard InChI is InChI=1S/C22H24N2O3S2/c1-15(2)21(22(25)23-18-9-6-10-19(14-18)28-3)24-29(26,27)20-12-11-16-7-4-5-8-17(16)13-20/h4-15,21,24H,1-3H3,(H,23,25). The molecule has 3 aromatic rings. The van der Waals surface area contributed by atoms with Gasteiger partial charge in [0.05, 0.1) is 4.90 Å². The van der Waals surface area contributed by atoms with Crippen molar-refractivity contribution in [1.29, 1.82) is 0 Å². The van der Waals surface area contributed by atoms with Gasteiger partial charge in [-0.05, 0) is 53.3 Å². The summed E-state index contributed by atoms with van der Waals surface area (Å²) in [6.07, 6.45) is 1.95. The van der Waals surface area contributed by atoms with Crippen LogP contribution in [0.5, 0.6) is 0 Å². The third-order valence-corrected chi connectivity index (χ3v) is 6.76. The van der Waals surface area contributed by atoms with Crippen LogP contribution in [0.25, 0.3) is 10.8 Å². The van der Waals surface area contributed by atoms with Crippen LogP contribution in [0.15, 0.2) is 76.5 Å². The highest BCUT2D eigenvalue weighted by atomic mass is 32.2. The van der Waals surface area contributed by atoms with Gasteiger partial charge in [-0.25, -0.2) is 8.42 Å². The van der Waals surface area contributed by atoms with E-state index >= 15 is 0 Å². The molecule has 0 spiro atoms. The van der Waals surface area contributed by atoms with Crippen LogP contribution in [0.3, 0.4) is 0 Å². The molecule has 0 radical (unpaired) electrons. The lowest BCUT2D eigenvalue weighted by molar-refractivity contribution is -0.118. The third-order valence-electron chi connectivity index (χ3n) is 4.60. The average Bonchev–Trinajstić information content (AvgIpc) is 2.71. The number of benzene rings is 3. The van der Waals surface area contributed by atoms with E-state index in [-0.39, 0.29) is 16.7 Å². The molecule has 0 heterocycles. The number of rotatable bonds is 7. The number of sulfonamides is 1. The van der Waals surface area contributed by atoms with Gasteiger partial charge in [0.25, 0.3) is 0 Å². The molecular formula is C22H24N2O3S2. The van der Waals surface area contributed by atoms with Crippen LogP contribution in [0.2, 0.25) is 0 Å². The summed E-state index contributed by atoms with van der Waals surface area (Å²) in [5.74, 6) is -0.614. The van der Waals surface area contributed by atoms with E-state index in [1.807, 2.05) is 62.6 Å². The minimum Gasteiger partial charge on any atom is -0.325 e. The number of fused-ring (bicyclic) bond motifs is 1. The SMILES string of the molecule is CSc1cccc(NC(=O)C(NS(=O)(=O)c2ccc3ccccc3c2)C(C)C)c1. The molecule has 0 aromatic heterocycles. The van der Waals surface area contributed by atoms with Crippen molar-refractivity contribution in [2.75, 3.05) is 11.6 Å². The first-order valence-electron chi connectivity index (χ1n) is 9.26. The molecule has 152 valence electrons. The summed E-state index contributed by atoms with van der Waals surface area (Å²) in [5.41, 5.74) is 0.636. The van der Waals surface area contributed by atoms with E-state index in [4.69, 9.17) is 0 Å². The second-order valence-corrected chi connectivity index (χ2v) is 9.67. The van der Waals surface area contributed by atoms with Gasteiger partial charge in [-0.15, -0.1) is 11.8 Å². The van der Waals surface area contributed by atoms with Gasteiger partial charge in [0.15, 0.2) is 0 Å². The Morgan fingerprint density at radius 2 is 1.66 bits per heavy atom. The molecule has 1 atom stereocenters. The van der Waals surface area contributed by atoms with Gasteiger partial charge in [-0.1, -0.05) is 50.2 Å². The van der Waals surface area contributed by atoms with E-state index in [1.165, 1.54) is 0 Å². The molecule has 0 fully saturated rings. The van der Waals surface area contributed by atoms with Gasteiger partial charge < -0.3 is 5.32 Å². The van der Waals surface area contributed by atoms with Crippen LogP contribution in [-0.2, 0) is 14.8 Å². The lowest BCUT2D eigenvalue weighted by atomic mass is 10.0. The third kappa shape index (κ3) is 5.18. The summed E-state index contributed by atoms with van der Waals surface area (Å²) in [7, 11) is -3.86. The normalized spacial score (nSPS) is 12.8. The zero-order chi connectivity index (χ0) is 21.0. The summed E-state index contributed by atoms with van der Waals surface area (Å²) in [5, 5.41) is 4.61. The Hall–Kier alpha value is -2.35. The van der Waals surface area contributed by atoms with Crippen LogP contribution in [0.4, 0.5) is 5.69 Å². The molecule has 1 unspecified atom stereocenters. The molecule has 5 nitrogen and oxygen atoms in total. The molecule has 0 aliphatic rings. The molecule has 0 saturated heterocycles. The van der Waals surface area contributed by atoms with Gasteiger partial charge in [0, 0.05) is 10.6 Å². The van der Waals surface area contributed by atoms with E-state index in [1.54, 1.807) is 36.0 Å². The van der Waals surface area contributed by atoms with Gasteiger partial charge >= 0.3 is 0 Å². The molecule has 1 amide bonds. The van der Waals surface area contributed by atoms with Gasteiger partial charge in [-0.3, -0.25) is 4.79 Å². The number of carbonyl (C=O) groups is 1. The Kier molecular flexibility index (Phi) is 6.62. The number of carbonyl (C=O) groups excluding carboxylic acids is 1. The van der Waals surface area contributed by atoms with Crippen molar-refractivity contribution in [2.24, 2.45) is 5.92 Å². The van der Waals surface area contributed by atoms with E-state index in [2.05, 4.69) is 10.0 Å². The molecule has 0 aliphatic heterocycles. The highest BCUT2D eigenvalue weighted by Gasteiger charge is 2.28. The van der Waals surface area contributed by atoms with Crippen molar-refractivity contribution in [3.63, 3.8) is 0 Å². The summed E-state index contributed by atoms with van der Waals surface area (Å²) in [6, 6.07) is 19.0. The zero-order valence-electron chi connectivity index (χ0n) is 16.5. The van der Waals surface area contributed by atoms with Crippen LogP contribution in [0.1, 0.15) is 13.8 Å². The molecule has 29 heavy (non-hydrogen) atoms. The number of nitrogens with one attached hydrogen (secondary N) is 2. The molecule has 7 heteroatoms. The summed E-state index contributed by atoms with van der Waals surface area (Å²) in [4.78, 5) is 14.0. The predicted octanol–water partition coefficient (Wildman–Crippen LogP) is 4.50. The topological polar surface area (TPSA) is 75.3 Å². The Bertz CT molecular complexity index is 1130. The van der Waals surface area contributed by atoms with Gasteiger partial charge in [0.2, 0.25) is 15.9 Å². The predicted molar refractivity (Wildman–Crippen MR) is 120 cm³/mol. The maximum Gasteiger partial charge on any atom is 0.242 e. The lowest BCUT2D eigenvalue weighted by Crippen LogP contribution is -2.47. The minimum absolute atomic E-state index is 0.138. The molecule has 3 aromatic carbocycles. The Balaban J connectivity index is 1.83. The van der Waals surface area contributed by atoms with Crippen molar-refractivity contribution >= 4 is 44.2 Å². The second kappa shape index (κ2) is 8.98. The maximum atomic E-state index is 13.0. The second-order valence-electron chi connectivity index (χ2n) is 7.07. The zero-order valence-corrected chi connectivity index (χ0v) is 18.2. The quantitative estimate of drug-likeness (QED) is 0.543. The first-order valence-corrected chi connectivity index (χ1v) is 12.0. The van der Waals surface area contributed by atoms with Crippen molar-refractivity contribution in [1.82, 2.24) is 4.72 Å². The maximum absolute atomic E-state index is 13.0. The smallest absolute Gasteiger partial charge is 0.242 e. The van der Waals surface area contributed by atoms with E-state index < -0.39 is 16.1 Å². The van der Waals surface area contributed by atoms with Crippen LogP contribution < -0.4 is 10.0 Å². The van der Waals surface area contributed by atoms with Crippen molar-refractivity contribution in [2.45, 2.75) is 29.7 Å². The first kappa shape index (κ1) is 21.4. The molecule has 0 aliphatic carbocycles. The Morgan fingerprint density at radius 3 is 2.34 bits per heavy atom. The van der Waals surface area contributed by atoms with Crippen LogP contribution >= 0.6 is 11.8 Å². The Labute approximate surface area is 176 Å². The fourth-order valence-electron chi connectivity index (χ4n) is 2.98. The van der Waals surface area contributed by atoms with Crippen molar-refractivity contribution < 1.29 is 13.2 Å². The number of amides is 1. The molecule has 2 N–H and O–H groups in total. The van der Waals surface area contributed by atoms with Gasteiger partial charge in [0.1, 0.15) is 6.04 Å². The average molecular weight is 429 g/mol. The largest absolute Gasteiger partial charge is 0.325 e. The number of hydrogen-bond donors (Lipinski definition) is 2. The Morgan fingerprint density at radius 1 is 0.931 bits per heavy atom. The minimum atomic E-state index is -3.86. The van der Waals surface area contributed by atoms with Gasteiger partial charge in [-0.2, -0.15) is 4.72 Å². The lowest BCUT2D eigenvalue weighted by Gasteiger charge is -2.22. The monoisotopic (exact) mass is 428 g/mol. The molecule has 0 saturated carbocycles. The summed E-state index contributed by atoms with van der Waals surface area (Å²) in [6.45, 7) is 3.62. The molecular weight excluding hydrogens is 404 g/mol.